The lowest BCUT2D eigenvalue weighted by Gasteiger charge is -2.07. The van der Waals surface area contributed by atoms with Crippen LogP contribution >= 0.6 is 35.0 Å². The van der Waals surface area contributed by atoms with E-state index in [1.807, 2.05) is 0 Å². The second-order valence-corrected chi connectivity index (χ2v) is 6.04. The van der Waals surface area contributed by atoms with E-state index in [2.05, 4.69) is 5.32 Å². The second kappa shape index (κ2) is 7.69. The second-order valence-electron chi connectivity index (χ2n) is 4.24. The van der Waals surface area contributed by atoms with Crippen molar-refractivity contribution in [2.24, 2.45) is 0 Å². The maximum Gasteiger partial charge on any atom is 0.230 e. The molecule has 1 N–H and O–H groups in total. The summed E-state index contributed by atoms with van der Waals surface area (Å²) in [5.74, 6) is -0.223. The van der Waals surface area contributed by atoms with Crippen LogP contribution in [0.3, 0.4) is 0 Å². The Morgan fingerprint density at radius 2 is 1.71 bits per heavy atom. The van der Waals surface area contributed by atoms with Crippen molar-refractivity contribution in [3.8, 4) is 0 Å². The molecular weight excluding hydrogens is 332 g/mol. The van der Waals surface area contributed by atoms with E-state index in [0.29, 0.717) is 21.5 Å². The van der Waals surface area contributed by atoms with Crippen molar-refractivity contribution in [1.29, 1.82) is 0 Å². The molecule has 0 heterocycles. The van der Waals surface area contributed by atoms with E-state index in [-0.39, 0.29) is 17.5 Å². The van der Waals surface area contributed by atoms with Gasteiger partial charge in [0.15, 0.2) is 0 Å². The fraction of sp³-hybridized carbons (Fsp3) is 0.133. The standard InChI is InChI=1S/C15H12Cl2FNOS/c16-12-2-1-3-13(17)15(12)21-9-14(20)19-8-10-4-6-11(18)7-5-10/h1-7H,8-9H2,(H,19,20). The number of nitrogens with one attached hydrogen (secondary N) is 1. The van der Waals surface area contributed by atoms with Gasteiger partial charge in [0.25, 0.3) is 0 Å². The van der Waals surface area contributed by atoms with Crippen molar-refractivity contribution >= 4 is 40.9 Å². The summed E-state index contributed by atoms with van der Waals surface area (Å²) in [5.41, 5.74) is 0.838. The van der Waals surface area contributed by atoms with Crippen LogP contribution < -0.4 is 5.32 Å². The highest BCUT2D eigenvalue weighted by atomic mass is 35.5. The van der Waals surface area contributed by atoms with Crippen molar-refractivity contribution in [3.63, 3.8) is 0 Å². The molecule has 0 radical (unpaired) electrons. The average molecular weight is 344 g/mol. The number of halogens is 3. The van der Waals surface area contributed by atoms with E-state index in [1.165, 1.54) is 23.9 Å². The maximum absolute atomic E-state index is 12.8. The molecule has 2 aromatic carbocycles. The normalized spacial score (nSPS) is 10.4. The number of amides is 1. The summed E-state index contributed by atoms with van der Waals surface area (Å²) in [6.07, 6.45) is 0. The molecule has 2 aromatic rings. The van der Waals surface area contributed by atoms with E-state index in [9.17, 15) is 9.18 Å². The summed E-state index contributed by atoms with van der Waals surface area (Å²) in [6, 6.07) is 11.2. The van der Waals surface area contributed by atoms with Crippen LogP contribution in [0.25, 0.3) is 0 Å². The van der Waals surface area contributed by atoms with Crippen LogP contribution in [-0.2, 0) is 11.3 Å². The molecular formula is C15H12Cl2FNOS. The Hall–Kier alpha value is -1.23. The number of thioether (sulfide) groups is 1. The van der Waals surface area contributed by atoms with Crippen molar-refractivity contribution < 1.29 is 9.18 Å². The molecule has 0 saturated heterocycles. The van der Waals surface area contributed by atoms with E-state index < -0.39 is 0 Å². The molecule has 0 aliphatic carbocycles. The Balaban J connectivity index is 1.84. The smallest absolute Gasteiger partial charge is 0.230 e. The summed E-state index contributed by atoms with van der Waals surface area (Å²) in [4.78, 5) is 12.5. The van der Waals surface area contributed by atoms with Gasteiger partial charge in [0, 0.05) is 11.4 Å². The molecule has 0 aliphatic rings. The van der Waals surface area contributed by atoms with Crippen molar-refractivity contribution in [3.05, 3.63) is 63.9 Å². The van der Waals surface area contributed by atoms with Gasteiger partial charge in [0.1, 0.15) is 5.82 Å². The molecule has 1 amide bonds. The average Bonchev–Trinajstić information content (AvgIpc) is 2.46. The summed E-state index contributed by atoms with van der Waals surface area (Å²) in [5, 5.41) is 3.81. The Labute approximate surface area is 136 Å². The van der Waals surface area contributed by atoms with Gasteiger partial charge in [-0.05, 0) is 29.8 Å². The topological polar surface area (TPSA) is 29.1 Å². The molecule has 6 heteroatoms. The third-order valence-corrected chi connectivity index (χ3v) is 4.66. The third kappa shape index (κ3) is 4.92. The van der Waals surface area contributed by atoms with Crippen molar-refractivity contribution in [1.82, 2.24) is 5.32 Å². The van der Waals surface area contributed by atoms with Gasteiger partial charge < -0.3 is 5.32 Å². The quantitative estimate of drug-likeness (QED) is 0.807. The SMILES string of the molecule is O=C(CSc1c(Cl)cccc1Cl)NCc1ccc(F)cc1. The molecule has 0 atom stereocenters. The molecule has 0 aromatic heterocycles. The van der Waals surface area contributed by atoms with Crippen molar-refractivity contribution in [2.45, 2.75) is 11.4 Å². The highest BCUT2D eigenvalue weighted by molar-refractivity contribution is 8.00. The van der Waals surface area contributed by atoms with E-state index in [4.69, 9.17) is 23.2 Å². The van der Waals surface area contributed by atoms with E-state index in [1.54, 1.807) is 30.3 Å². The maximum atomic E-state index is 12.8. The highest BCUT2D eigenvalue weighted by Gasteiger charge is 2.09. The first-order valence-corrected chi connectivity index (χ1v) is 7.88. The molecule has 0 fully saturated rings. The first-order valence-electron chi connectivity index (χ1n) is 6.14. The van der Waals surface area contributed by atoms with Gasteiger partial charge in [-0.25, -0.2) is 4.39 Å². The number of benzene rings is 2. The van der Waals surface area contributed by atoms with Gasteiger partial charge in [-0.1, -0.05) is 41.4 Å². The number of hydrogen-bond acceptors (Lipinski definition) is 2. The van der Waals surface area contributed by atoms with Crippen LogP contribution in [0.2, 0.25) is 10.0 Å². The van der Waals surface area contributed by atoms with E-state index in [0.717, 1.165) is 5.56 Å². The van der Waals surface area contributed by atoms with Crippen LogP contribution in [0.5, 0.6) is 0 Å². The van der Waals surface area contributed by atoms with Crippen LogP contribution in [0.15, 0.2) is 47.4 Å². The predicted octanol–water partition coefficient (Wildman–Crippen LogP) is 4.54. The molecule has 2 rings (SSSR count). The first-order chi connectivity index (χ1) is 10.1. The minimum Gasteiger partial charge on any atom is -0.351 e. The Morgan fingerprint density at radius 3 is 2.33 bits per heavy atom. The lowest BCUT2D eigenvalue weighted by molar-refractivity contribution is -0.118. The van der Waals surface area contributed by atoms with Gasteiger partial charge in [-0.2, -0.15) is 0 Å². The van der Waals surface area contributed by atoms with Gasteiger partial charge >= 0.3 is 0 Å². The van der Waals surface area contributed by atoms with Crippen LogP contribution in [0.1, 0.15) is 5.56 Å². The number of rotatable bonds is 5. The summed E-state index contributed by atoms with van der Waals surface area (Å²) < 4.78 is 12.8. The zero-order valence-corrected chi connectivity index (χ0v) is 13.2. The summed E-state index contributed by atoms with van der Waals surface area (Å²) in [6.45, 7) is 0.357. The molecule has 21 heavy (non-hydrogen) atoms. The Bertz CT molecular complexity index is 614. The van der Waals surface area contributed by atoms with Crippen LogP contribution in [-0.4, -0.2) is 11.7 Å². The molecule has 110 valence electrons. The number of carbonyl (C=O) groups excluding carboxylic acids is 1. The van der Waals surface area contributed by atoms with Gasteiger partial charge in [-0.15, -0.1) is 11.8 Å². The van der Waals surface area contributed by atoms with E-state index >= 15 is 0 Å². The molecule has 0 bridgehead atoms. The predicted molar refractivity (Wildman–Crippen MR) is 85.4 cm³/mol. The molecule has 0 spiro atoms. The number of hydrogen-bond donors (Lipinski definition) is 1. The zero-order chi connectivity index (χ0) is 15.2. The largest absolute Gasteiger partial charge is 0.351 e. The lowest BCUT2D eigenvalue weighted by Crippen LogP contribution is -2.24. The summed E-state index contributed by atoms with van der Waals surface area (Å²) >= 11 is 13.3. The van der Waals surface area contributed by atoms with Gasteiger partial charge in [0.2, 0.25) is 5.91 Å². The molecule has 2 nitrogen and oxygen atoms in total. The van der Waals surface area contributed by atoms with Crippen LogP contribution in [0, 0.1) is 5.82 Å². The lowest BCUT2D eigenvalue weighted by atomic mass is 10.2. The summed E-state index contributed by atoms with van der Waals surface area (Å²) in [7, 11) is 0. The van der Waals surface area contributed by atoms with Crippen molar-refractivity contribution in [2.75, 3.05) is 5.75 Å². The fourth-order valence-corrected chi connectivity index (χ4v) is 3.13. The van der Waals surface area contributed by atoms with Gasteiger partial charge in [0.05, 0.1) is 15.8 Å². The zero-order valence-electron chi connectivity index (χ0n) is 10.9. The Kier molecular flexibility index (Phi) is 5.91. The monoisotopic (exact) mass is 343 g/mol. The first kappa shape index (κ1) is 16.1. The highest BCUT2D eigenvalue weighted by Crippen LogP contribution is 2.33. The van der Waals surface area contributed by atoms with Crippen LogP contribution in [0.4, 0.5) is 4.39 Å². The van der Waals surface area contributed by atoms with Gasteiger partial charge in [-0.3, -0.25) is 4.79 Å². The minimum atomic E-state index is -0.297. The molecule has 0 saturated carbocycles. The molecule has 0 unspecified atom stereocenters. The molecule has 0 aliphatic heterocycles. The third-order valence-electron chi connectivity index (χ3n) is 2.67. The number of carbonyl (C=O) groups is 1. The minimum absolute atomic E-state index is 0.139. The Morgan fingerprint density at radius 1 is 1.10 bits per heavy atom. The fourth-order valence-electron chi connectivity index (χ4n) is 1.61.